The van der Waals surface area contributed by atoms with E-state index < -0.39 is 0 Å². The molecule has 98 valence electrons. The molecule has 0 bridgehead atoms. The van der Waals surface area contributed by atoms with Crippen molar-refractivity contribution in [2.45, 2.75) is 38.6 Å². The fourth-order valence-corrected chi connectivity index (χ4v) is 2.60. The number of hydrogen-bond acceptors (Lipinski definition) is 2. The summed E-state index contributed by atoms with van der Waals surface area (Å²) in [6.45, 7) is 2.97. The Bertz CT molecular complexity index is 371. The maximum absolute atomic E-state index is 12.1. The summed E-state index contributed by atoms with van der Waals surface area (Å²) in [5, 5.41) is 0. The molecule has 0 spiro atoms. The Morgan fingerprint density at radius 2 is 1.94 bits per heavy atom. The van der Waals surface area contributed by atoms with Crippen molar-refractivity contribution in [2.75, 3.05) is 13.2 Å². The molecule has 1 saturated carbocycles. The third-order valence-electron chi connectivity index (χ3n) is 3.53. The van der Waals surface area contributed by atoms with Crippen molar-refractivity contribution in [1.82, 2.24) is 4.90 Å². The smallest absolute Gasteiger partial charge is 0.260 e. The maximum atomic E-state index is 12.1. The SMILES string of the molecule is CCN(C(=O)COc1ccccc1)C1CCCC1. The average molecular weight is 247 g/mol. The molecule has 2 rings (SSSR count). The van der Waals surface area contributed by atoms with Gasteiger partial charge >= 0.3 is 0 Å². The summed E-state index contributed by atoms with van der Waals surface area (Å²) in [5.41, 5.74) is 0. The molecule has 3 heteroatoms. The number of carbonyl (C=O) groups excluding carboxylic acids is 1. The van der Waals surface area contributed by atoms with Crippen molar-refractivity contribution in [1.29, 1.82) is 0 Å². The van der Waals surface area contributed by atoms with Crippen LogP contribution in [0.3, 0.4) is 0 Å². The lowest BCUT2D eigenvalue weighted by Crippen LogP contribution is -2.41. The first kappa shape index (κ1) is 12.9. The zero-order chi connectivity index (χ0) is 12.8. The monoisotopic (exact) mass is 247 g/mol. The molecule has 1 fully saturated rings. The van der Waals surface area contributed by atoms with Crippen LogP contribution in [0.5, 0.6) is 5.75 Å². The van der Waals surface area contributed by atoms with Gasteiger partial charge in [0.2, 0.25) is 0 Å². The number of rotatable bonds is 5. The standard InChI is InChI=1S/C15H21NO2/c1-2-16(13-8-6-7-9-13)15(17)12-18-14-10-4-3-5-11-14/h3-5,10-11,13H,2,6-9,12H2,1H3. The summed E-state index contributed by atoms with van der Waals surface area (Å²) in [6, 6.07) is 9.94. The van der Waals surface area contributed by atoms with Gasteiger partial charge in [0.25, 0.3) is 5.91 Å². The summed E-state index contributed by atoms with van der Waals surface area (Å²) in [4.78, 5) is 14.1. The van der Waals surface area contributed by atoms with E-state index in [2.05, 4.69) is 0 Å². The zero-order valence-electron chi connectivity index (χ0n) is 11.0. The lowest BCUT2D eigenvalue weighted by Gasteiger charge is -2.27. The van der Waals surface area contributed by atoms with Crippen molar-refractivity contribution in [3.63, 3.8) is 0 Å². The molecular weight excluding hydrogens is 226 g/mol. The maximum Gasteiger partial charge on any atom is 0.260 e. The van der Waals surface area contributed by atoms with Crippen LogP contribution in [0.15, 0.2) is 30.3 Å². The van der Waals surface area contributed by atoms with Crippen molar-refractivity contribution < 1.29 is 9.53 Å². The normalized spacial score (nSPS) is 15.6. The van der Waals surface area contributed by atoms with Gasteiger partial charge in [0.1, 0.15) is 5.75 Å². The summed E-state index contributed by atoms with van der Waals surface area (Å²) < 4.78 is 5.52. The number of hydrogen-bond donors (Lipinski definition) is 0. The van der Waals surface area contributed by atoms with E-state index in [1.54, 1.807) is 0 Å². The molecule has 0 N–H and O–H groups in total. The van der Waals surface area contributed by atoms with Crippen molar-refractivity contribution in [3.05, 3.63) is 30.3 Å². The highest BCUT2D eigenvalue weighted by molar-refractivity contribution is 5.78. The van der Waals surface area contributed by atoms with Gasteiger partial charge in [0.05, 0.1) is 0 Å². The number of benzene rings is 1. The molecule has 1 aromatic rings. The number of ether oxygens (including phenoxy) is 1. The van der Waals surface area contributed by atoms with Gasteiger partial charge in [-0.3, -0.25) is 4.79 Å². The molecule has 18 heavy (non-hydrogen) atoms. The number of likely N-dealkylation sites (N-methyl/N-ethyl adjacent to an activating group) is 1. The van der Waals surface area contributed by atoms with E-state index in [1.165, 1.54) is 12.8 Å². The van der Waals surface area contributed by atoms with Crippen molar-refractivity contribution in [2.24, 2.45) is 0 Å². The Hall–Kier alpha value is -1.51. The largest absolute Gasteiger partial charge is 0.484 e. The molecule has 0 unspecified atom stereocenters. The van der Waals surface area contributed by atoms with Gasteiger partial charge in [0, 0.05) is 12.6 Å². The minimum absolute atomic E-state index is 0.105. The van der Waals surface area contributed by atoms with Gasteiger partial charge in [-0.15, -0.1) is 0 Å². The van der Waals surface area contributed by atoms with Crippen LogP contribution in [-0.2, 0) is 4.79 Å². The first-order chi connectivity index (χ1) is 8.81. The summed E-state index contributed by atoms with van der Waals surface area (Å²) >= 11 is 0. The van der Waals surface area contributed by atoms with E-state index >= 15 is 0 Å². The molecule has 0 aromatic heterocycles. The van der Waals surface area contributed by atoms with Gasteiger partial charge in [-0.25, -0.2) is 0 Å². The molecular formula is C15H21NO2. The van der Waals surface area contributed by atoms with Crippen LogP contribution in [0, 0.1) is 0 Å². The van der Waals surface area contributed by atoms with Crippen LogP contribution in [-0.4, -0.2) is 30.0 Å². The minimum Gasteiger partial charge on any atom is -0.484 e. The molecule has 1 aliphatic carbocycles. The topological polar surface area (TPSA) is 29.5 Å². The zero-order valence-corrected chi connectivity index (χ0v) is 11.0. The quantitative estimate of drug-likeness (QED) is 0.800. The lowest BCUT2D eigenvalue weighted by atomic mass is 10.2. The van der Waals surface area contributed by atoms with E-state index in [0.717, 1.165) is 25.1 Å². The predicted octanol–water partition coefficient (Wildman–Crippen LogP) is 2.86. The molecule has 1 amide bonds. The van der Waals surface area contributed by atoms with E-state index in [1.807, 2.05) is 42.2 Å². The molecule has 3 nitrogen and oxygen atoms in total. The van der Waals surface area contributed by atoms with Gasteiger partial charge in [-0.2, -0.15) is 0 Å². The van der Waals surface area contributed by atoms with E-state index in [0.29, 0.717) is 6.04 Å². The average Bonchev–Trinajstić information content (AvgIpc) is 2.92. The minimum atomic E-state index is 0.105. The first-order valence-electron chi connectivity index (χ1n) is 6.78. The second-order valence-electron chi connectivity index (χ2n) is 4.72. The van der Waals surface area contributed by atoms with Gasteiger partial charge in [-0.05, 0) is 31.9 Å². The Morgan fingerprint density at radius 3 is 2.56 bits per heavy atom. The summed E-state index contributed by atoms with van der Waals surface area (Å²) in [6.07, 6.45) is 4.78. The van der Waals surface area contributed by atoms with Gasteiger partial charge in [-0.1, -0.05) is 31.0 Å². The highest BCUT2D eigenvalue weighted by atomic mass is 16.5. The molecule has 0 aliphatic heterocycles. The number of para-hydroxylation sites is 1. The Kier molecular flexibility index (Phi) is 4.62. The fourth-order valence-electron chi connectivity index (χ4n) is 2.60. The van der Waals surface area contributed by atoms with Gasteiger partial charge < -0.3 is 9.64 Å². The third-order valence-corrected chi connectivity index (χ3v) is 3.53. The van der Waals surface area contributed by atoms with Crippen LogP contribution in [0.1, 0.15) is 32.6 Å². The van der Waals surface area contributed by atoms with Crippen LogP contribution < -0.4 is 4.74 Å². The van der Waals surface area contributed by atoms with Crippen LogP contribution >= 0.6 is 0 Å². The highest BCUT2D eigenvalue weighted by Crippen LogP contribution is 2.23. The van der Waals surface area contributed by atoms with Crippen molar-refractivity contribution in [3.8, 4) is 5.75 Å². The first-order valence-corrected chi connectivity index (χ1v) is 6.78. The Morgan fingerprint density at radius 1 is 1.28 bits per heavy atom. The Labute approximate surface area is 109 Å². The number of carbonyl (C=O) groups is 1. The molecule has 0 heterocycles. The molecule has 0 saturated heterocycles. The summed E-state index contributed by atoms with van der Waals surface area (Å²) in [5.74, 6) is 0.863. The third kappa shape index (κ3) is 3.25. The van der Waals surface area contributed by atoms with E-state index in [-0.39, 0.29) is 12.5 Å². The fraction of sp³-hybridized carbons (Fsp3) is 0.533. The van der Waals surface area contributed by atoms with Crippen LogP contribution in [0.4, 0.5) is 0 Å². The highest BCUT2D eigenvalue weighted by Gasteiger charge is 2.25. The van der Waals surface area contributed by atoms with Crippen LogP contribution in [0.2, 0.25) is 0 Å². The summed E-state index contributed by atoms with van der Waals surface area (Å²) in [7, 11) is 0. The lowest BCUT2D eigenvalue weighted by molar-refractivity contribution is -0.135. The number of nitrogens with zero attached hydrogens (tertiary/aromatic N) is 1. The second kappa shape index (κ2) is 6.43. The Balaban J connectivity index is 1.86. The number of amides is 1. The van der Waals surface area contributed by atoms with Crippen molar-refractivity contribution >= 4 is 5.91 Å². The van der Waals surface area contributed by atoms with E-state index in [4.69, 9.17) is 4.74 Å². The van der Waals surface area contributed by atoms with Gasteiger partial charge in [0.15, 0.2) is 6.61 Å². The molecule has 1 aliphatic rings. The molecule has 1 aromatic carbocycles. The van der Waals surface area contributed by atoms with E-state index in [9.17, 15) is 4.79 Å². The van der Waals surface area contributed by atoms with Crippen LogP contribution in [0.25, 0.3) is 0 Å². The molecule has 0 atom stereocenters. The second-order valence-corrected chi connectivity index (χ2v) is 4.72. The molecule has 0 radical (unpaired) electrons. The predicted molar refractivity (Wildman–Crippen MR) is 71.6 cm³/mol.